The minimum atomic E-state index is 0.177. The van der Waals surface area contributed by atoms with E-state index in [9.17, 15) is 4.79 Å². The number of nitrogens with zero attached hydrogens (tertiary/aromatic N) is 3. The molecule has 2 fully saturated rings. The van der Waals surface area contributed by atoms with Crippen molar-refractivity contribution in [2.45, 2.75) is 25.4 Å². The number of piperidine rings is 1. The van der Waals surface area contributed by atoms with Gasteiger partial charge in [0, 0.05) is 57.4 Å². The van der Waals surface area contributed by atoms with Gasteiger partial charge in [-0.2, -0.15) is 0 Å². The lowest BCUT2D eigenvalue weighted by Gasteiger charge is -2.32. The van der Waals surface area contributed by atoms with E-state index in [2.05, 4.69) is 34.3 Å². The first-order chi connectivity index (χ1) is 11.7. The summed E-state index contributed by atoms with van der Waals surface area (Å²) in [5.74, 6) is 0.177. The Morgan fingerprint density at radius 2 is 1.67 bits per heavy atom. The average Bonchev–Trinajstić information content (AvgIpc) is 2.64. The molecule has 2 aliphatic heterocycles. The van der Waals surface area contributed by atoms with Gasteiger partial charge in [-0.15, -0.1) is 0 Å². The Hall–Kier alpha value is -1.43. The molecule has 132 valence electrons. The molecular formula is C19H30N4O. The van der Waals surface area contributed by atoms with Gasteiger partial charge in [0.1, 0.15) is 0 Å². The van der Waals surface area contributed by atoms with E-state index in [1.165, 1.54) is 5.56 Å². The maximum atomic E-state index is 12.6. The van der Waals surface area contributed by atoms with Crippen LogP contribution in [-0.2, 0) is 6.54 Å². The lowest BCUT2D eigenvalue weighted by Crippen LogP contribution is -2.44. The number of amides is 1. The summed E-state index contributed by atoms with van der Waals surface area (Å²) in [5, 5.41) is 3.31. The van der Waals surface area contributed by atoms with Crippen LogP contribution in [0.2, 0.25) is 0 Å². The van der Waals surface area contributed by atoms with E-state index in [0.717, 1.165) is 64.2 Å². The number of carbonyl (C=O) groups excluding carboxylic acids is 1. The van der Waals surface area contributed by atoms with Gasteiger partial charge in [-0.1, -0.05) is 12.1 Å². The normalized spacial score (nSPS) is 21.2. The minimum absolute atomic E-state index is 0.177. The van der Waals surface area contributed by atoms with E-state index in [1.807, 2.05) is 24.1 Å². The fourth-order valence-electron chi connectivity index (χ4n) is 3.57. The molecule has 0 aromatic heterocycles. The summed E-state index contributed by atoms with van der Waals surface area (Å²) < 4.78 is 0. The third-order valence-corrected chi connectivity index (χ3v) is 5.39. The predicted molar refractivity (Wildman–Crippen MR) is 97.2 cm³/mol. The van der Waals surface area contributed by atoms with Crippen molar-refractivity contribution in [3.05, 3.63) is 35.4 Å². The number of piperazine rings is 1. The lowest BCUT2D eigenvalue weighted by molar-refractivity contribution is 0.0707. The van der Waals surface area contributed by atoms with Crippen molar-refractivity contribution in [1.29, 1.82) is 0 Å². The van der Waals surface area contributed by atoms with Crippen molar-refractivity contribution >= 4 is 5.91 Å². The molecule has 0 radical (unpaired) electrons. The van der Waals surface area contributed by atoms with Crippen molar-refractivity contribution in [3.63, 3.8) is 0 Å². The monoisotopic (exact) mass is 330 g/mol. The first-order valence-electron chi connectivity index (χ1n) is 9.12. The maximum Gasteiger partial charge on any atom is 0.253 e. The van der Waals surface area contributed by atoms with Gasteiger partial charge in [0.2, 0.25) is 0 Å². The number of hydrogen-bond acceptors (Lipinski definition) is 4. The molecule has 0 aliphatic carbocycles. The molecule has 0 bridgehead atoms. The number of carbonyl (C=O) groups is 1. The van der Waals surface area contributed by atoms with Gasteiger partial charge in [0.05, 0.1) is 0 Å². The molecule has 1 aromatic carbocycles. The topological polar surface area (TPSA) is 38.8 Å². The molecule has 2 aliphatic rings. The summed E-state index contributed by atoms with van der Waals surface area (Å²) in [6, 6.07) is 8.79. The summed E-state index contributed by atoms with van der Waals surface area (Å²) >= 11 is 0. The fraction of sp³-hybridized carbons (Fsp3) is 0.632. The summed E-state index contributed by atoms with van der Waals surface area (Å²) in [4.78, 5) is 19.5. The number of rotatable bonds is 4. The second kappa shape index (κ2) is 8.10. The Morgan fingerprint density at radius 3 is 2.25 bits per heavy atom. The molecule has 0 saturated carbocycles. The Bertz CT molecular complexity index is 529. The molecule has 2 heterocycles. The Balaban J connectivity index is 1.53. The second-order valence-corrected chi connectivity index (χ2v) is 7.13. The summed E-state index contributed by atoms with van der Waals surface area (Å²) in [7, 11) is 4.18. The molecule has 1 amide bonds. The standard InChI is InChI=1S/C19H30N4O/c1-20-18-7-9-23(10-8-18)19(24)17-5-3-16(4-6-17)15-22-13-11-21(2)12-14-22/h3-6,18,20H,7-15H2,1-2H3. The van der Waals surface area contributed by atoms with Gasteiger partial charge < -0.3 is 15.1 Å². The predicted octanol–water partition coefficient (Wildman–Crippen LogP) is 1.26. The van der Waals surface area contributed by atoms with Crippen molar-refractivity contribution < 1.29 is 4.79 Å². The van der Waals surface area contributed by atoms with Crippen molar-refractivity contribution in [3.8, 4) is 0 Å². The van der Waals surface area contributed by atoms with Gasteiger partial charge in [0.15, 0.2) is 0 Å². The average molecular weight is 330 g/mol. The highest BCUT2D eigenvalue weighted by Crippen LogP contribution is 2.15. The molecule has 0 atom stereocenters. The van der Waals surface area contributed by atoms with Crippen molar-refractivity contribution in [2.24, 2.45) is 0 Å². The van der Waals surface area contributed by atoms with Crippen LogP contribution < -0.4 is 5.32 Å². The van der Waals surface area contributed by atoms with Crippen LogP contribution in [0.25, 0.3) is 0 Å². The van der Waals surface area contributed by atoms with Crippen LogP contribution in [0.3, 0.4) is 0 Å². The van der Waals surface area contributed by atoms with Crippen LogP contribution >= 0.6 is 0 Å². The summed E-state index contributed by atoms with van der Waals surface area (Å²) in [6.07, 6.45) is 2.09. The molecule has 0 spiro atoms. The quantitative estimate of drug-likeness (QED) is 0.902. The Labute approximate surface area is 145 Å². The van der Waals surface area contributed by atoms with Gasteiger partial charge >= 0.3 is 0 Å². The van der Waals surface area contributed by atoms with Crippen molar-refractivity contribution in [2.75, 3.05) is 53.4 Å². The number of likely N-dealkylation sites (tertiary alicyclic amines) is 1. The highest BCUT2D eigenvalue weighted by Gasteiger charge is 2.22. The molecule has 1 aromatic rings. The second-order valence-electron chi connectivity index (χ2n) is 7.13. The molecule has 24 heavy (non-hydrogen) atoms. The first-order valence-corrected chi connectivity index (χ1v) is 9.12. The largest absolute Gasteiger partial charge is 0.339 e. The third kappa shape index (κ3) is 4.35. The maximum absolute atomic E-state index is 12.6. The van der Waals surface area contributed by atoms with Crippen molar-refractivity contribution in [1.82, 2.24) is 20.0 Å². The molecule has 5 heteroatoms. The number of nitrogens with one attached hydrogen (secondary N) is 1. The smallest absolute Gasteiger partial charge is 0.253 e. The molecule has 0 unspecified atom stereocenters. The Morgan fingerprint density at radius 1 is 1.04 bits per heavy atom. The number of benzene rings is 1. The molecule has 5 nitrogen and oxygen atoms in total. The van der Waals surface area contributed by atoms with E-state index >= 15 is 0 Å². The lowest BCUT2D eigenvalue weighted by atomic mass is 10.0. The van der Waals surface area contributed by atoms with Gasteiger partial charge in [-0.05, 0) is 44.6 Å². The minimum Gasteiger partial charge on any atom is -0.339 e. The van der Waals surface area contributed by atoms with Crippen LogP contribution in [0.5, 0.6) is 0 Å². The summed E-state index contributed by atoms with van der Waals surface area (Å²) in [5.41, 5.74) is 2.12. The SMILES string of the molecule is CNC1CCN(C(=O)c2ccc(CN3CCN(C)CC3)cc2)CC1. The van der Waals surface area contributed by atoms with E-state index in [0.29, 0.717) is 6.04 Å². The van der Waals surface area contributed by atoms with Gasteiger partial charge in [0.25, 0.3) is 5.91 Å². The summed E-state index contributed by atoms with van der Waals surface area (Å²) in [6.45, 7) is 7.21. The zero-order chi connectivity index (χ0) is 16.9. The van der Waals surface area contributed by atoms with Crippen LogP contribution in [0.1, 0.15) is 28.8 Å². The number of hydrogen-bond donors (Lipinski definition) is 1. The van der Waals surface area contributed by atoms with Crippen LogP contribution in [0.15, 0.2) is 24.3 Å². The fourth-order valence-corrected chi connectivity index (χ4v) is 3.57. The molecule has 1 N–H and O–H groups in total. The highest BCUT2D eigenvalue weighted by molar-refractivity contribution is 5.94. The first kappa shape index (κ1) is 17.4. The molecule has 2 saturated heterocycles. The van der Waals surface area contributed by atoms with Gasteiger partial charge in [-0.25, -0.2) is 0 Å². The zero-order valence-electron chi connectivity index (χ0n) is 15.0. The van der Waals surface area contributed by atoms with Crippen LogP contribution in [-0.4, -0.2) is 80.0 Å². The Kier molecular flexibility index (Phi) is 5.87. The van der Waals surface area contributed by atoms with E-state index < -0.39 is 0 Å². The molecular weight excluding hydrogens is 300 g/mol. The molecule has 3 rings (SSSR count). The van der Waals surface area contributed by atoms with Crippen LogP contribution in [0.4, 0.5) is 0 Å². The van der Waals surface area contributed by atoms with E-state index in [1.54, 1.807) is 0 Å². The van der Waals surface area contributed by atoms with E-state index in [-0.39, 0.29) is 5.91 Å². The third-order valence-electron chi connectivity index (χ3n) is 5.39. The van der Waals surface area contributed by atoms with Crippen LogP contribution in [0, 0.1) is 0 Å². The van der Waals surface area contributed by atoms with Gasteiger partial charge in [-0.3, -0.25) is 9.69 Å². The zero-order valence-corrected chi connectivity index (χ0v) is 15.0. The van der Waals surface area contributed by atoms with E-state index in [4.69, 9.17) is 0 Å². The highest BCUT2D eigenvalue weighted by atomic mass is 16.2. The number of likely N-dealkylation sites (N-methyl/N-ethyl adjacent to an activating group) is 1.